The molecule has 0 radical (unpaired) electrons. The summed E-state index contributed by atoms with van der Waals surface area (Å²) in [6.07, 6.45) is 3.45. The van der Waals surface area contributed by atoms with Crippen LogP contribution in [0.2, 0.25) is 0 Å². The molecule has 1 N–H and O–H groups in total. The van der Waals surface area contributed by atoms with Gasteiger partial charge in [0.25, 0.3) is 0 Å². The number of hydrogen-bond acceptors (Lipinski definition) is 5. The number of hydrogen-bond donors (Lipinski definition) is 1. The summed E-state index contributed by atoms with van der Waals surface area (Å²) in [7, 11) is -2.98. The Kier molecular flexibility index (Phi) is 9.89. The SMILES string of the molecule is CC#C[C@@H](CC(=O)O)c1ccc(OCc2ccc3c(c2)-c2ccc(OCCCS(=O)(=O)CC)cc2CCC3)cc1. The minimum Gasteiger partial charge on any atom is -0.494 e. The molecule has 40 heavy (non-hydrogen) atoms. The summed E-state index contributed by atoms with van der Waals surface area (Å²) in [6, 6.07) is 20.1. The quantitative estimate of drug-likeness (QED) is 0.209. The third kappa shape index (κ3) is 7.89. The molecule has 1 atom stereocenters. The number of aliphatic carboxylic acids is 1. The average Bonchev–Trinajstić information content (AvgIpc) is 3.12. The third-order valence-corrected chi connectivity index (χ3v) is 8.92. The van der Waals surface area contributed by atoms with Crippen LogP contribution < -0.4 is 9.47 Å². The van der Waals surface area contributed by atoms with Gasteiger partial charge in [-0.1, -0.05) is 43.2 Å². The van der Waals surface area contributed by atoms with E-state index in [2.05, 4.69) is 42.2 Å². The van der Waals surface area contributed by atoms with Crippen LogP contribution in [-0.4, -0.2) is 37.6 Å². The van der Waals surface area contributed by atoms with E-state index in [0.717, 1.165) is 36.1 Å². The van der Waals surface area contributed by atoms with Crippen LogP contribution in [0.5, 0.6) is 11.5 Å². The molecule has 0 aliphatic heterocycles. The maximum absolute atomic E-state index is 11.7. The molecule has 0 spiro atoms. The van der Waals surface area contributed by atoms with Crippen molar-refractivity contribution in [3.63, 3.8) is 0 Å². The Hall–Kier alpha value is -3.76. The Morgan fingerprint density at radius 2 is 1.70 bits per heavy atom. The minimum atomic E-state index is -2.98. The number of benzene rings is 3. The monoisotopic (exact) mass is 560 g/mol. The van der Waals surface area contributed by atoms with Crippen LogP contribution in [-0.2, 0) is 34.1 Å². The Labute approximate surface area is 237 Å². The molecule has 6 nitrogen and oxygen atoms in total. The molecule has 0 aromatic heterocycles. The molecular weight excluding hydrogens is 524 g/mol. The number of carboxylic acids is 1. The van der Waals surface area contributed by atoms with E-state index in [-0.39, 0.29) is 23.8 Å². The number of carboxylic acid groups (broad SMARTS) is 1. The van der Waals surface area contributed by atoms with Gasteiger partial charge in [0.1, 0.15) is 27.9 Å². The van der Waals surface area contributed by atoms with Gasteiger partial charge in [-0.3, -0.25) is 4.79 Å². The molecule has 3 aromatic carbocycles. The van der Waals surface area contributed by atoms with E-state index in [1.807, 2.05) is 30.3 Å². The smallest absolute Gasteiger partial charge is 0.304 e. The number of ether oxygens (including phenoxy) is 2. The molecule has 0 bridgehead atoms. The van der Waals surface area contributed by atoms with Crippen LogP contribution in [0, 0.1) is 11.8 Å². The van der Waals surface area contributed by atoms with Crippen molar-refractivity contribution in [1.82, 2.24) is 0 Å². The Bertz CT molecular complexity index is 1500. The molecule has 0 unspecified atom stereocenters. The van der Waals surface area contributed by atoms with E-state index in [1.165, 1.54) is 22.3 Å². The van der Waals surface area contributed by atoms with Crippen molar-refractivity contribution in [2.45, 2.75) is 58.5 Å². The summed E-state index contributed by atoms with van der Waals surface area (Å²) >= 11 is 0. The summed E-state index contributed by atoms with van der Waals surface area (Å²) in [5, 5.41) is 9.17. The highest BCUT2D eigenvalue weighted by molar-refractivity contribution is 7.91. The first-order chi connectivity index (χ1) is 19.3. The maximum Gasteiger partial charge on any atom is 0.304 e. The number of carbonyl (C=O) groups is 1. The Morgan fingerprint density at radius 1 is 0.950 bits per heavy atom. The topological polar surface area (TPSA) is 89.9 Å². The highest BCUT2D eigenvalue weighted by atomic mass is 32.2. The van der Waals surface area contributed by atoms with Crippen LogP contribution in [0.3, 0.4) is 0 Å². The van der Waals surface area contributed by atoms with Crippen molar-refractivity contribution in [3.8, 4) is 34.5 Å². The van der Waals surface area contributed by atoms with E-state index in [9.17, 15) is 18.3 Å². The summed E-state index contributed by atoms with van der Waals surface area (Å²) in [4.78, 5) is 11.2. The number of fused-ring (bicyclic) bond motifs is 3. The molecule has 1 aliphatic rings. The molecule has 0 heterocycles. The van der Waals surface area contributed by atoms with E-state index in [1.54, 1.807) is 13.8 Å². The second kappa shape index (κ2) is 13.5. The van der Waals surface area contributed by atoms with E-state index in [4.69, 9.17) is 9.47 Å². The fraction of sp³-hybridized carbons (Fsp3) is 0.364. The lowest BCUT2D eigenvalue weighted by atomic mass is 9.95. The van der Waals surface area contributed by atoms with Crippen molar-refractivity contribution in [2.24, 2.45) is 0 Å². The number of aryl methyl sites for hydroxylation is 2. The summed E-state index contributed by atoms with van der Waals surface area (Å²) in [5.74, 6) is 6.37. The van der Waals surface area contributed by atoms with Crippen molar-refractivity contribution >= 4 is 15.8 Å². The molecule has 1 aliphatic carbocycles. The zero-order chi connectivity index (χ0) is 28.5. The van der Waals surface area contributed by atoms with Gasteiger partial charge in [-0.2, -0.15) is 0 Å². The number of rotatable bonds is 12. The van der Waals surface area contributed by atoms with Crippen molar-refractivity contribution in [1.29, 1.82) is 0 Å². The average molecular weight is 561 g/mol. The zero-order valence-corrected chi connectivity index (χ0v) is 23.9. The maximum atomic E-state index is 11.7. The van der Waals surface area contributed by atoms with Crippen LogP contribution in [0.4, 0.5) is 0 Å². The van der Waals surface area contributed by atoms with Crippen LogP contribution >= 0.6 is 0 Å². The predicted molar refractivity (Wildman–Crippen MR) is 158 cm³/mol. The van der Waals surface area contributed by atoms with E-state index < -0.39 is 15.8 Å². The van der Waals surface area contributed by atoms with Gasteiger partial charge >= 0.3 is 5.97 Å². The highest BCUT2D eigenvalue weighted by Crippen LogP contribution is 2.35. The normalized spacial score (nSPS) is 13.2. The van der Waals surface area contributed by atoms with Crippen LogP contribution in [0.25, 0.3) is 11.1 Å². The summed E-state index contributed by atoms with van der Waals surface area (Å²) in [6.45, 7) is 4.17. The molecule has 0 saturated carbocycles. The zero-order valence-electron chi connectivity index (χ0n) is 23.1. The molecule has 7 heteroatoms. The van der Waals surface area contributed by atoms with Crippen LogP contribution in [0.15, 0.2) is 60.7 Å². The molecule has 0 amide bonds. The highest BCUT2D eigenvalue weighted by Gasteiger charge is 2.17. The summed E-state index contributed by atoms with van der Waals surface area (Å²) in [5.41, 5.74) is 6.87. The van der Waals surface area contributed by atoms with Gasteiger partial charge in [-0.15, -0.1) is 5.92 Å². The molecule has 3 aromatic rings. The minimum absolute atomic E-state index is 0.0332. The molecular formula is C33H36O6S. The van der Waals surface area contributed by atoms with Gasteiger partial charge in [0, 0.05) is 5.75 Å². The molecule has 4 rings (SSSR count). The second-order valence-electron chi connectivity index (χ2n) is 10.0. The van der Waals surface area contributed by atoms with Crippen LogP contribution in [0.1, 0.15) is 61.3 Å². The van der Waals surface area contributed by atoms with Gasteiger partial charge in [0.05, 0.1) is 24.7 Å². The lowest BCUT2D eigenvalue weighted by Gasteiger charge is -2.14. The van der Waals surface area contributed by atoms with E-state index in [0.29, 0.717) is 25.4 Å². The first-order valence-corrected chi connectivity index (χ1v) is 15.5. The fourth-order valence-corrected chi connectivity index (χ4v) is 5.80. The fourth-order valence-electron chi connectivity index (χ4n) is 4.96. The van der Waals surface area contributed by atoms with Gasteiger partial charge in [-0.25, -0.2) is 8.42 Å². The van der Waals surface area contributed by atoms with Gasteiger partial charge in [0.2, 0.25) is 0 Å². The number of sulfone groups is 1. The van der Waals surface area contributed by atoms with E-state index >= 15 is 0 Å². The van der Waals surface area contributed by atoms with Gasteiger partial charge < -0.3 is 14.6 Å². The molecule has 0 saturated heterocycles. The van der Waals surface area contributed by atoms with Gasteiger partial charge in [0.15, 0.2) is 0 Å². The lowest BCUT2D eigenvalue weighted by Crippen LogP contribution is -2.11. The van der Waals surface area contributed by atoms with Crippen molar-refractivity contribution in [3.05, 3.63) is 82.9 Å². The third-order valence-electron chi connectivity index (χ3n) is 7.13. The van der Waals surface area contributed by atoms with Crippen molar-refractivity contribution < 1.29 is 27.8 Å². The lowest BCUT2D eigenvalue weighted by molar-refractivity contribution is -0.137. The molecule has 210 valence electrons. The first kappa shape index (κ1) is 29.2. The largest absolute Gasteiger partial charge is 0.494 e. The summed E-state index contributed by atoms with van der Waals surface area (Å²) < 4.78 is 35.4. The standard InChI is InChI=1S/C33H36O6S/c1-3-7-27(22-33(34)35)25-12-14-29(15-13-25)39-23-24-10-11-26-8-5-9-28-21-30(16-17-31(28)32(26)20-24)38-18-6-19-40(36,37)4-2/h10-17,20-21,27H,4-6,8-9,18-19,22-23H2,1-2H3,(H,34,35)/t27-/m0/s1. The second-order valence-corrected chi connectivity index (χ2v) is 12.5. The molecule has 0 fully saturated rings. The Morgan fingerprint density at radius 3 is 2.42 bits per heavy atom. The Balaban J connectivity index is 1.43. The van der Waals surface area contributed by atoms with Gasteiger partial charge in [-0.05, 0) is 96.3 Å². The van der Waals surface area contributed by atoms with Crippen molar-refractivity contribution in [2.75, 3.05) is 18.1 Å². The predicted octanol–water partition coefficient (Wildman–Crippen LogP) is 6.21. The first-order valence-electron chi connectivity index (χ1n) is 13.7.